The predicted octanol–water partition coefficient (Wildman–Crippen LogP) is 2.43. The van der Waals surface area contributed by atoms with E-state index >= 15 is 0 Å². The Morgan fingerprint density at radius 3 is 3.14 bits per heavy atom. The average Bonchev–Trinajstić information content (AvgIpc) is 3.02. The molecule has 21 heavy (non-hydrogen) atoms. The van der Waals surface area contributed by atoms with Crippen LogP contribution in [0.4, 0.5) is 0 Å². The largest absolute Gasteiger partial charge is 0.488 e. The van der Waals surface area contributed by atoms with Crippen molar-refractivity contribution >= 4 is 11.6 Å². The molecule has 0 saturated carbocycles. The number of fused-ring (bicyclic) bond motifs is 1. The van der Waals surface area contributed by atoms with Crippen molar-refractivity contribution < 1.29 is 4.74 Å². The molecule has 1 aliphatic heterocycles. The number of halogens is 1. The number of ether oxygens (including phenoxy) is 1. The van der Waals surface area contributed by atoms with E-state index in [2.05, 4.69) is 29.5 Å². The van der Waals surface area contributed by atoms with Crippen molar-refractivity contribution in [3.05, 3.63) is 40.7 Å². The molecule has 1 aromatic heterocycles. The van der Waals surface area contributed by atoms with Gasteiger partial charge in [-0.05, 0) is 23.8 Å². The Kier molecular flexibility index (Phi) is 4.12. The number of hydrogen-bond donors (Lipinski definition) is 1. The SMILES string of the molecule is CC(C)NCc1cn(CC2Cc3cc(Cl)ccc3O2)nn1. The predicted molar refractivity (Wildman–Crippen MR) is 81.6 cm³/mol. The van der Waals surface area contributed by atoms with E-state index in [1.54, 1.807) is 0 Å². The summed E-state index contributed by atoms with van der Waals surface area (Å²) in [6, 6.07) is 6.19. The van der Waals surface area contributed by atoms with E-state index in [9.17, 15) is 0 Å². The molecular formula is C15H19ClN4O. The molecule has 1 unspecified atom stereocenters. The minimum absolute atomic E-state index is 0.0890. The Labute approximate surface area is 129 Å². The zero-order valence-corrected chi connectivity index (χ0v) is 13.0. The summed E-state index contributed by atoms with van der Waals surface area (Å²) in [6.07, 6.45) is 2.91. The van der Waals surface area contributed by atoms with Crippen LogP contribution in [-0.2, 0) is 19.5 Å². The van der Waals surface area contributed by atoms with E-state index in [1.807, 2.05) is 29.1 Å². The van der Waals surface area contributed by atoms with E-state index in [0.717, 1.165) is 35.0 Å². The van der Waals surface area contributed by atoms with E-state index in [4.69, 9.17) is 16.3 Å². The maximum atomic E-state index is 6.00. The minimum Gasteiger partial charge on any atom is -0.488 e. The van der Waals surface area contributed by atoms with Crippen molar-refractivity contribution in [2.75, 3.05) is 0 Å². The van der Waals surface area contributed by atoms with Gasteiger partial charge < -0.3 is 10.1 Å². The highest BCUT2D eigenvalue weighted by atomic mass is 35.5. The monoisotopic (exact) mass is 306 g/mol. The standard InChI is InChI=1S/C15H19ClN4O/c1-10(2)17-7-13-8-20(19-18-13)9-14-6-11-5-12(16)3-4-15(11)21-14/h3-5,8,10,14,17H,6-7,9H2,1-2H3. The first kappa shape index (κ1) is 14.4. The summed E-state index contributed by atoms with van der Waals surface area (Å²) in [6.45, 7) is 5.65. The number of aromatic nitrogens is 3. The summed E-state index contributed by atoms with van der Waals surface area (Å²) in [5.41, 5.74) is 2.11. The molecule has 6 heteroatoms. The molecule has 0 fully saturated rings. The molecule has 5 nitrogen and oxygen atoms in total. The van der Waals surface area contributed by atoms with Gasteiger partial charge in [0.25, 0.3) is 0 Å². The molecule has 0 spiro atoms. The van der Waals surface area contributed by atoms with Crippen LogP contribution in [0.5, 0.6) is 5.75 Å². The van der Waals surface area contributed by atoms with Gasteiger partial charge in [0.05, 0.1) is 12.2 Å². The van der Waals surface area contributed by atoms with Crippen LogP contribution < -0.4 is 10.1 Å². The Bertz CT molecular complexity index is 626. The third-order valence-electron chi connectivity index (χ3n) is 3.43. The Balaban J connectivity index is 1.59. The van der Waals surface area contributed by atoms with Crippen LogP contribution >= 0.6 is 11.6 Å². The number of benzene rings is 1. The van der Waals surface area contributed by atoms with Gasteiger partial charge in [0.2, 0.25) is 0 Å². The third-order valence-corrected chi connectivity index (χ3v) is 3.67. The van der Waals surface area contributed by atoms with E-state index in [0.29, 0.717) is 12.6 Å². The molecule has 2 heterocycles. The zero-order valence-electron chi connectivity index (χ0n) is 12.2. The molecule has 1 N–H and O–H groups in total. The quantitative estimate of drug-likeness (QED) is 0.922. The fourth-order valence-corrected chi connectivity index (χ4v) is 2.61. The van der Waals surface area contributed by atoms with Crippen molar-refractivity contribution in [3.8, 4) is 5.75 Å². The van der Waals surface area contributed by atoms with Gasteiger partial charge in [0.1, 0.15) is 11.9 Å². The van der Waals surface area contributed by atoms with Gasteiger partial charge in [-0.2, -0.15) is 0 Å². The number of hydrogen-bond acceptors (Lipinski definition) is 4. The topological polar surface area (TPSA) is 52.0 Å². The first-order chi connectivity index (χ1) is 10.1. The van der Waals surface area contributed by atoms with Crippen LogP contribution in [0.3, 0.4) is 0 Å². The molecule has 1 atom stereocenters. The Morgan fingerprint density at radius 2 is 2.33 bits per heavy atom. The molecule has 1 aromatic carbocycles. The van der Waals surface area contributed by atoms with Gasteiger partial charge in [0.15, 0.2) is 0 Å². The number of nitrogens with zero attached hydrogens (tertiary/aromatic N) is 3. The second-order valence-corrected chi connectivity index (χ2v) is 6.10. The summed E-state index contributed by atoms with van der Waals surface area (Å²) >= 11 is 6.00. The van der Waals surface area contributed by atoms with Gasteiger partial charge in [0, 0.05) is 30.2 Å². The molecule has 1 aliphatic rings. The van der Waals surface area contributed by atoms with Gasteiger partial charge in [-0.1, -0.05) is 30.7 Å². The normalized spacial score (nSPS) is 17.0. The zero-order chi connectivity index (χ0) is 14.8. The van der Waals surface area contributed by atoms with Crippen LogP contribution in [0, 0.1) is 0 Å². The smallest absolute Gasteiger partial charge is 0.123 e. The van der Waals surface area contributed by atoms with E-state index in [-0.39, 0.29) is 6.10 Å². The summed E-state index contributed by atoms with van der Waals surface area (Å²) < 4.78 is 7.75. The molecule has 2 aromatic rings. The van der Waals surface area contributed by atoms with Crippen molar-refractivity contribution in [1.82, 2.24) is 20.3 Å². The molecular weight excluding hydrogens is 288 g/mol. The second kappa shape index (κ2) is 6.03. The Hall–Kier alpha value is -1.59. The third kappa shape index (κ3) is 3.54. The van der Waals surface area contributed by atoms with Gasteiger partial charge in [-0.3, -0.25) is 0 Å². The van der Waals surface area contributed by atoms with Gasteiger partial charge in [-0.25, -0.2) is 4.68 Å². The molecule has 0 bridgehead atoms. The lowest BCUT2D eigenvalue weighted by molar-refractivity contribution is 0.202. The maximum absolute atomic E-state index is 6.00. The second-order valence-electron chi connectivity index (χ2n) is 5.66. The fraction of sp³-hybridized carbons (Fsp3) is 0.467. The van der Waals surface area contributed by atoms with Gasteiger partial charge >= 0.3 is 0 Å². The van der Waals surface area contributed by atoms with Crippen molar-refractivity contribution in [3.63, 3.8) is 0 Å². The molecule has 0 amide bonds. The molecule has 112 valence electrons. The van der Waals surface area contributed by atoms with Crippen LogP contribution in [0.2, 0.25) is 5.02 Å². The van der Waals surface area contributed by atoms with Crippen LogP contribution in [0.25, 0.3) is 0 Å². The lowest BCUT2D eigenvalue weighted by Crippen LogP contribution is -2.22. The van der Waals surface area contributed by atoms with Gasteiger partial charge in [-0.15, -0.1) is 5.10 Å². The van der Waals surface area contributed by atoms with Crippen molar-refractivity contribution in [2.45, 2.75) is 45.5 Å². The summed E-state index contributed by atoms with van der Waals surface area (Å²) in [5, 5.41) is 12.4. The highest BCUT2D eigenvalue weighted by Gasteiger charge is 2.23. The first-order valence-corrected chi connectivity index (χ1v) is 7.55. The minimum atomic E-state index is 0.0890. The number of nitrogens with one attached hydrogen (secondary N) is 1. The van der Waals surface area contributed by atoms with Crippen LogP contribution in [0.15, 0.2) is 24.4 Å². The highest BCUT2D eigenvalue weighted by molar-refractivity contribution is 6.30. The molecule has 0 saturated heterocycles. The maximum Gasteiger partial charge on any atom is 0.123 e. The molecule has 3 rings (SSSR count). The number of rotatable bonds is 5. The lowest BCUT2D eigenvalue weighted by Gasteiger charge is -2.09. The molecule has 0 radical (unpaired) electrons. The first-order valence-electron chi connectivity index (χ1n) is 7.17. The summed E-state index contributed by atoms with van der Waals surface area (Å²) in [4.78, 5) is 0. The van der Waals surface area contributed by atoms with Crippen molar-refractivity contribution in [2.24, 2.45) is 0 Å². The van der Waals surface area contributed by atoms with E-state index in [1.165, 1.54) is 0 Å². The highest BCUT2D eigenvalue weighted by Crippen LogP contribution is 2.31. The van der Waals surface area contributed by atoms with Crippen LogP contribution in [0.1, 0.15) is 25.1 Å². The average molecular weight is 307 g/mol. The van der Waals surface area contributed by atoms with Crippen LogP contribution in [-0.4, -0.2) is 27.1 Å². The summed E-state index contributed by atoms with van der Waals surface area (Å²) in [7, 11) is 0. The van der Waals surface area contributed by atoms with Crippen molar-refractivity contribution in [1.29, 1.82) is 0 Å². The fourth-order valence-electron chi connectivity index (χ4n) is 2.42. The Morgan fingerprint density at radius 1 is 1.48 bits per heavy atom. The van der Waals surface area contributed by atoms with E-state index < -0.39 is 0 Å². The molecule has 0 aliphatic carbocycles. The lowest BCUT2D eigenvalue weighted by atomic mass is 10.1. The summed E-state index contributed by atoms with van der Waals surface area (Å²) in [5.74, 6) is 0.922.